The summed E-state index contributed by atoms with van der Waals surface area (Å²) in [6.45, 7) is 8.47. The number of hydrogen-bond donors (Lipinski definition) is 2. The second kappa shape index (κ2) is 7.92. The van der Waals surface area contributed by atoms with Crippen molar-refractivity contribution in [3.63, 3.8) is 0 Å². The molecule has 2 aliphatic rings. The van der Waals surface area contributed by atoms with Crippen LogP contribution in [0.2, 0.25) is 0 Å². The molecule has 2 aromatic rings. The normalized spacial score (nSPS) is 16.0. The number of nitrogens with one attached hydrogen (secondary N) is 2. The number of carbonyl (C=O) groups is 2. The van der Waals surface area contributed by atoms with Crippen molar-refractivity contribution in [3.8, 4) is 0 Å². The number of aryl methyl sites for hydroxylation is 2. The van der Waals surface area contributed by atoms with Crippen LogP contribution in [-0.4, -0.2) is 16.0 Å². The van der Waals surface area contributed by atoms with E-state index in [1.807, 2.05) is 0 Å². The maximum Gasteiger partial charge on any atom is 0.332 e. The Morgan fingerprint density at radius 3 is 2.17 bits per heavy atom. The maximum absolute atomic E-state index is 13.3. The minimum absolute atomic E-state index is 0.132. The number of ketones is 1. The first-order valence-electron chi connectivity index (χ1n) is 9.90. The molecular weight excluding hydrogens is 400 g/mol. The molecule has 1 unspecified atom stereocenters. The van der Waals surface area contributed by atoms with Crippen LogP contribution in [0.5, 0.6) is 0 Å². The van der Waals surface area contributed by atoms with Gasteiger partial charge in [-0.05, 0) is 79.8 Å². The van der Waals surface area contributed by atoms with E-state index in [0.717, 1.165) is 55.3 Å². The molecule has 30 heavy (non-hydrogen) atoms. The zero-order valence-corrected chi connectivity index (χ0v) is 17.5. The lowest BCUT2D eigenvalue weighted by Gasteiger charge is -2.17. The highest BCUT2D eigenvalue weighted by Crippen LogP contribution is 2.38. The molecule has 0 spiro atoms. The summed E-state index contributed by atoms with van der Waals surface area (Å²) in [7, 11) is -3.51. The fraction of sp³-hybridized carbons (Fsp3) is 0.318. The zero-order valence-electron chi connectivity index (χ0n) is 16.7. The molecule has 2 aromatic carbocycles. The van der Waals surface area contributed by atoms with E-state index in [-0.39, 0.29) is 10.7 Å². The zero-order chi connectivity index (χ0) is 21.3. The second-order valence-corrected chi connectivity index (χ2v) is 9.47. The van der Waals surface area contributed by atoms with E-state index < -0.39 is 15.9 Å². The quantitative estimate of drug-likeness (QED) is 0.438. The molecule has 0 heterocycles. The van der Waals surface area contributed by atoms with E-state index in [0.29, 0.717) is 5.56 Å². The summed E-state index contributed by atoms with van der Waals surface area (Å²) in [6, 6.07) is 7.53. The van der Waals surface area contributed by atoms with Gasteiger partial charge < -0.3 is 5.32 Å². The predicted molar refractivity (Wildman–Crippen MR) is 115 cm³/mol. The number of carbonyl (C=O) groups excluding carboxylic acids is 2. The number of amides is 2. The standard InChI is InChI=1S/C22H22N4O3S/c1-14(27)15-9-11-18(12-10-15)30(29,26-23-2)25-22(28)24-21-19-7-3-5-16(19)13-17-6-4-8-20(17)21/h9-13H,3-8H2,1H3,(H2,24,25,26,28,29). The van der Waals surface area contributed by atoms with Crippen molar-refractivity contribution in [1.29, 1.82) is 0 Å². The number of fused-ring (bicyclic) bond motifs is 2. The monoisotopic (exact) mass is 422 g/mol. The lowest BCUT2D eigenvalue weighted by atomic mass is 9.99. The van der Waals surface area contributed by atoms with E-state index in [4.69, 9.17) is 6.57 Å². The summed E-state index contributed by atoms with van der Waals surface area (Å²) in [5.41, 5.74) is 6.14. The Hall–Kier alpha value is -3.18. The Labute approximate surface area is 176 Å². The Balaban J connectivity index is 1.63. The number of nitrogens with zero attached hydrogens (tertiary/aromatic N) is 2. The molecule has 0 aromatic heterocycles. The summed E-state index contributed by atoms with van der Waals surface area (Å²) in [4.78, 5) is 27.4. The fourth-order valence-corrected chi connectivity index (χ4v) is 5.47. The van der Waals surface area contributed by atoms with Gasteiger partial charge >= 0.3 is 6.03 Å². The Kier molecular flexibility index (Phi) is 5.31. The number of benzene rings is 2. The number of rotatable bonds is 4. The number of urea groups is 1. The molecule has 0 fully saturated rings. The minimum atomic E-state index is -3.51. The Bertz CT molecular complexity index is 1170. The van der Waals surface area contributed by atoms with Crippen LogP contribution in [-0.2, 0) is 35.6 Å². The van der Waals surface area contributed by atoms with Gasteiger partial charge in [0.2, 0.25) is 9.92 Å². The van der Waals surface area contributed by atoms with Gasteiger partial charge in [-0.1, -0.05) is 18.2 Å². The SMILES string of the molecule is [C-]#[N+]N=S(=O)(NC(=O)Nc1c2c(cc3c1CCC3)CCC2)c1ccc(C(C)=O)cc1. The van der Waals surface area contributed by atoms with Gasteiger partial charge in [0.05, 0.1) is 4.90 Å². The maximum atomic E-state index is 13.3. The van der Waals surface area contributed by atoms with Crippen LogP contribution in [0, 0.1) is 6.57 Å². The van der Waals surface area contributed by atoms with Gasteiger partial charge in [-0.3, -0.25) is 4.79 Å². The lowest BCUT2D eigenvalue weighted by molar-refractivity contribution is 0.101. The molecule has 4 rings (SSSR count). The van der Waals surface area contributed by atoms with E-state index in [9.17, 15) is 13.8 Å². The van der Waals surface area contributed by atoms with Crippen LogP contribution < -0.4 is 10.0 Å². The third-order valence-corrected chi connectivity index (χ3v) is 7.36. The number of Topliss-reactive ketones (excluding diaryl/α,β-unsaturated/α-hetero) is 1. The number of anilines is 1. The molecule has 0 saturated heterocycles. The van der Waals surface area contributed by atoms with Gasteiger partial charge in [-0.25, -0.2) is 13.7 Å². The van der Waals surface area contributed by atoms with Gasteiger partial charge in [0.15, 0.2) is 10.3 Å². The molecule has 8 heteroatoms. The first-order valence-corrected chi connectivity index (χ1v) is 11.4. The van der Waals surface area contributed by atoms with E-state index in [1.165, 1.54) is 42.3 Å². The van der Waals surface area contributed by atoms with E-state index in [1.54, 1.807) is 0 Å². The average Bonchev–Trinajstić information content (AvgIpc) is 3.37. The summed E-state index contributed by atoms with van der Waals surface area (Å²) < 4.78 is 19.2. The van der Waals surface area contributed by atoms with Crippen LogP contribution in [0.4, 0.5) is 10.5 Å². The van der Waals surface area contributed by atoms with Crippen molar-refractivity contribution in [2.45, 2.75) is 50.3 Å². The van der Waals surface area contributed by atoms with Crippen LogP contribution >= 0.6 is 0 Å². The van der Waals surface area contributed by atoms with E-state index >= 15 is 0 Å². The summed E-state index contributed by atoms with van der Waals surface area (Å²) in [5.74, 6) is -0.132. The highest BCUT2D eigenvalue weighted by Gasteiger charge is 2.26. The van der Waals surface area contributed by atoms with E-state index in [2.05, 4.69) is 25.5 Å². The third-order valence-electron chi connectivity index (χ3n) is 5.68. The van der Waals surface area contributed by atoms with Gasteiger partial charge in [-0.2, -0.15) is 6.57 Å². The first kappa shape index (κ1) is 20.1. The summed E-state index contributed by atoms with van der Waals surface area (Å²) in [6.07, 6.45) is 5.94. The highest BCUT2D eigenvalue weighted by molar-refractivity contribution is 7.92. The van der Waals surface area contributed by atoms with Crippen LogP contribution in [0.3, 0.4) is 0 Å². The van der Waals surface area contributed by atoms with Crippen LogP contribution in [0.25, 0.3) is 4.95 Å². The first-order chi connectivity index (χ1) is 14.4. The van der Waals surface area contributed by atoms with Crippen molar-refractivity contribution in [1.82, 2.24) is 4.72 Å². The second-order valence-electron chi connectivity index (χ2n) is 7.58. The molecule has 1 atom stereocenters. The summed E-state index contributed by atoms with van der Waals surface area (Å²) >= 11 is 0. The van der Waals surface area contributed by atoms with Crippen molar-refractivity contribution in [3.05, 3.63) is 69.7 Å². The van der Waals surface area contributed by atoms with Gasteiger partial charge in [0, 0.05) is 11.3 Å². The molecule has 0 saturated carbocycles. The molecule has 2 N–H and O–H groups in total. The molecule has 154 valence electrons. The molecule has 7 nitrogen and oxygen atoms in total. The Morgan fingerprint density at radius 2 is 1.63 bits per heavy atom. The minimum Gasteiger partial charge on any atom is -0.307 e. The van der Waals surface area contributed by atoms with Crippen molar-refractivity contribution in [2.75, 3.05) is 5.32 Å². The third kappa shape index (κ3) is 3.68. The van der Waals surface area contributed by atoms with Crippen molar-refractivity contribution < 1.29 is 13.8 Å². The molecule has 0 aliphatic heterocycles. The van der Waals surface area contributed by atoms with Gasteiger partial charge in [0.25, 0.3) is 0 Å². The fourth-order valence-electron chi connectivity index (χ4n) is 4.29. The summed E-state index contributed by atoms with van der Waals surface area (Å²) in [5, 5.41) is 2.91. The Morgan fingerprint density at radius 1 is 1.03 bits per heavy atom. The lowest BCUT2D eigenvalue weighted by Crippen LogP contribution is -2.34. The molecule has 2 amide bonds. The number of hydrogen-bond acceptors (Lipinski definition) is 4. The molecule has 2 aliphatic carbocycles. The van der Waals surface area contributed by atoms with Crippen molar-refractivity contribution in [2.24, 2.45) is 4.47 Å². The molecule has 0 radical (unpaired) electrons. The topological polar surface area (TPSA) is 92.0 Å². The van der Waals surface area contributed by atoms with Crippen LogP contribution in [0.1, 0.15) is 52.4 Å². The van der Waals surface area contributed by atoms with Gasteiger partial charge in [0.1, 0.15) is 0 Å². The smallest absolute Gasteiger partial charge is 0.307 e. The molecule has 0 bridgehead atoms. The van der Waals surface area contributed by atoms with Crippen LogP contribution in [0.15, 0.2) is 39.7 Å². The van der Waals surface area contributed by atoms with Gasteiger partial charge in [-0.15, -0.1) is 4.95 Å². The highest BCUT2D eigenvalue weighted by atomic mass is 32.2. The van der Waals surface area contributed by atoms with Crippen molar-refractivity contribution >= 4 is 27.4 Å². The predicted octanol–water partition coefficient (Wildman–Crippen LogP) is 4.26. The molecular formula is C22H22N4O3S. The largest absolute Gasteiger partial charge is 0.332 e. The average molecular weight is 423 g/mol.